The Labute approximate surface area is 161 Å². The van der Waals surface area contributed by atoms with Crippen LogP contribution in [0.25, 0.3) is 10.1 Å². The molecule has 1 aliphatic heterocycles. The molecule has 6 heteroatoms. The molecule has 0 N–H and O–H groups in total. The predicted octanol–water partition coefficient (Wildman–Crippen LogP) is 4.32. The number of hydrogen-bond donors (Lipinski definition) is 0. The lowest BCUT2D eigenvalue weighted by atomic mass is 10.2. The average molecular weight is 384 g/mol. The Hall–Kier alpha value is -2.60. The van der Waals surface area contributed by atoms with Crippen LogP contribution in [-0.4, -0.2) is 44.1 Å². The topological polar surface area (TPSA) is 32.8 Å². The number of halogens is 1. The van der Waals surface area contributed by atoms with Crippen LogP contribution in [0.3, 0.4) is 0 Å². The number of benzene rings is 2. The largest absolute Gasteiger partial charge is 0.494 e. The van der Waals surface area contributed by atoms with Gasteiger partial charge < -0.3 is 14.5 Å². The van der Waals surface area contributed by atoms with Crippen molar-refractivity contribution in [3.8, 4) is 5.75 Å². The molecule has 0 radical (unpaired) electrons. The average Bonchev–Trinajstić information content (AvgIpc) is 3.07. The lowest BCUT2D eigenvalue weighted by Gasteiger charge is -2.36. The second kappa shape index (κ2) is 7.19. The zero-order valence-electron chi connectivity index (χ0n) is 15.4. The van der Waals surface area contributed by atoms with Gasteiger partial charge in [0.2, 0.25) is 0 Å². The molecular weight excluding hydrogens is 363 g/mol. The molecule has 1 fully saturated rings. The van der Waals surface area contributed by atoms with E-state index in [1.165, 1.54) is 35.8 Å². The van der Waals surface area contributed by atoms with Crippen molar-refractivity contribution in [3.63, 3.8) is 0 Å². The molecule has 0 unspecified atom stereocenters. The minimum Gasteiger partial charge on any atom is -0.494 e. The quantitative estimate of drug-likeness (QED) is 0.674. The minimum atomic E-state index is -0.357. The molecule has 2 aromatic carbocycles. The third kappa shape index (κ3) is 3.25. The van der Waals surface area contributed by atoms with Crippen LogP contribution in [0, 0.1) is 12.7 Å². The number of aryl methyl sites for hydroxylation is 1. The molecule has 0 spiro atoms. The Bertz CT molecular complexity index is 993. The fourth-order valence-corrected chi connectivity index (χ4v) is 4.70. The maximum Gasteiger partial charge on any atom is 0.267 e. The third-order valence-electron chi connectivity index (χ3n) is 4.95. The van der Waals surface area contributed by atoms with E-state index in [0.717, 1.165) is 17.8 Å². The molecule has 1 aliphatic rings. The highest BCUT2D eigenvalue weighted by Gasteiger charge is 2.28. The van der Waals surface area contributed by atoms with E-state index in [9.17, 15) is 9.18 Å². The Morgan fingerprint density at radius 3 is 2.56 bits per heavy atom. The van der Waals surface area contributed by atoms with E-state index in [4.69, 9.17) is 4.74 Å². The zero-order valence-corrected chi connectivity index (χ0v) is 16.2. The van der Waals surface area contributed by atoms with Crippen molar-refractivity contribution in [2.75, 3.05) is 38.2 Å². The van der Waals surface area contributed by atoms with E-state index in [1.807, 2.05) is 11.0 Å². The lowest BCUT2D eigenvalue weighted by molar-refractivity contribution is 0.0749. The summed E-state index contributed by atoms with van der Waals surface area (Å²) >= 11 is 1.29. The highest BCUT2D eigenvalue weighted by molar-refractivity contribution is 7.21. The SMILES string of the molecule is COc1c(C(=O)N2CCN(c3cccc(C)c3)CC2)sc2cccc(F)c12. The first-order valence-electron chi connectivity index (χ1n) is 8.94. The molecule has 4 rings (SSSR count). The number of carbonyl (C=O) groups excluding carboxylic acids is 1. The Morgan fingerprint density at radius 1 is 1.11 bits per heavy atom. The summed E-state index contributed by atoms with van der Waals surface area (Å²) in [5.74, 6) is -0.0977. The van der Waals surface area contributed by atoms with E-state index in [0.29, 0.717) is 29.1 Å². The van der Waals surface area contributed by atoms with Crippen molar-refractivity contribution in [3.05, 3.63) is 58.7 Å². The summed E-state index contributed by atoms with van der Waals surface area (Å²) < 4.78 is 20.4. The van der Waals surface area contributed by atoms with Gasteiger partial charge in [0.15, 0.2) is 5.75 Å². The van der Waals surface area contributed by atoms with Crippen LogP contribution in [0.1, 0.15) is 15.2 Å². The second-order valence-corrected chi connectivity index (χ2v) is 7.75. The molecule has 3 aromatic rings. The molecular formula is C21H21FN2O2S. The van der Waals surface area contributed by atoms with Gasteiger partial charge in [0.05, 0.1) is 12.5 Å². The number of thiophene rings is 1. The highest BCUT2D eigenvalue weighted by Crippen LogP contribution is 2.40. The van der Waals surface area contributed by atoms with Gasteiger partial charge >= 0.3 is 0 Å². The molecule has 0 saturated carbocycles. The van der Waals surface area contributed by atoms with E-state index in [2.05, 4.69) is 36.1 Å². The van der Waals surface area contributed by atoms with Gasteiger partial charge in [-0.25, -0.2) is 4.39 Å². The number of ether oxygens (including phenoxy) is 1. The van der Waals surface area contributed by atoms with E-state index in [-0.39, 0.29) is 11.7 Å². The van der Waals surface area contributed by atoms with Crippen LogP contribution < -0.4 is 9.64 Å². The van der Waals surface area contributed by atoms with Gasteiger partial charge in [0.1, 0.15) is 10.7 Å². The second-order valence-electron chi connectivity index (χ2n) is 6.70. The number of nitrogens with zero attached hydrogens (tertiary/aromatic N) is 2. The maximum atomic E-state index is 14.2. The van der Waals surface area contributed by atoms with Crippen LogP contribution in [0.5, 0.6) is 5.75 Å². The number of amides is 1. The molecule has 140 valence electrons. The normalized spacial score (nSPS) is 14.6. The van der Waals surface area contributed by atoms with Gasteiger partial charge in [0.25, 0.3) is 5.91 Å². The summed E-state index contributed by atoms with van der Waals surface area (Å²) in [7, 11) is 1.49. The van der Waals surface area contributed by atoms with Crippen LogP contribution >= 0.6 is 11.3 Å². The van der Waals surface area contributed by atoms with Gasteiger partial charge in [-0.15, -0.1) is 11.3 Å². The summed E-state index contributed by atoms with van der Waals surface area (Å²) in [6, 6.07) is 13.3. The van der Waals surface area contributed by atoms with E-state index < -0.39 is 0 Å². The molecule has 1 saturated heterocycles. The van der Waals surface area contributed by atoms with Crippen molar-refractivity contribution in [2.45, 2.75) is 6.92 Å². The van der Waals surface area contributed by atoms with Crippen molar-refractivity contribution in [1.29, 1.82) is 0 Å². The predicted molar refractivity (Wildman–Crippen MR) is 108 cm³/mol. The number of anilines is 1. The summed E-state index contributed by atoms with van der Waals surface area (Å²) in [5, 5.41) is 0.395. The fraction of sp³-hybridized carbons (Fsp3) is 0.286. The molecule has 1 amide bonds. The maximum absolute atomic E-state index is 14.2. The molecule has 0 bridgehead atoms. The first kappa shape index (κ1) is 17.8. The summed E-state index contributed by atoms with van der Waals surface area (Å²) in [5.41, 5.74) is 2.41. The summed E-state index contributed by atoms with van der Waals surface area (Å²) in [6.07, 6.45) is 0. The number of rotatable bonds is 3. The van der Waals surface area contributed by atoms with Gasteiger partial charge in [-0.2, -0.15) is 0 Å². The van der Waals surface area contributed by atoms with Gasteiger partial charge in [-0.1, -0.05) is 18.2 Å². The van der Waals surface area contributed by atoms with Gasteiger partial charge in [0, 0.05) is 36.6 Å². The number of fused-ring (bicyclic) bond motifs is 1. The van der Waals surface area contributed by atoms with Crippen LogP contribution in [0.2, 0.25) is 0 Å². The number of methoxy groups -OCH3 is 1. The summed E-state index contributed by atoms with van der Waals surface area (Å²) in [6.45, 7) is 4.89. The lowest BCUT2D eigenvalue weighted by Crippen LogP contribution is -2.48. The minimum absolute atomic E-state index is 0.0867. The van der Waals surface area contributed by atoms with Gasteiger partial charge in [-0.05, 0) is 36.8 Å². The Balaban J connectivity index is 1.55. The Kier molecular flexibility index (Phi) is 4.74. The number of piperazine rings is 1. The van der Waals surface area contributed by atoms with Gasteiger partial charge in [-0.3, -0.25) is 4.79 Å². The standard InChI is InChI=1S/C21H21FN2O2S/c1-14-5-3-6-15(13-14)23-9-11-24(12-10-23)21(25)20-19(26-2)18-16(22)7-4-8-17(18)27-20/h3-8,13H,9-12H2,1-2H3. The molecule has 0 aliphatic carbocycles. The molecule has 0 atom stereocenters. The van der Waals surface area contributed by atoms with E-state index >= 15 is 0 Å². The zero-order chi connectivity index (χ0) is 19.0. The van der Waals surface area contributed by atoms with Crippen molar-refractivity contribution in [1.82, 2.24) is 4.90 Å². The van der Waals surface area contributed by atoms with Crippen molar-refractivity contribution < 1.29 is 13.9 Å². The third-order valence-corrected chi connectivity index (χ3v) is 6.08. The van der Waals surface area contributed by atoms with Crippen molar-refractivity contribution >= 4 is 33.0 Å². The first-order valence-corrected chi connectivity index (χ1v) is 9.76. The Morgan fingerprint density at radius 2 is 1.85 bits per heavy atom. The fourth-order valence-electron chi connectivity index (χ4n) is 3.55. The highest BCUT2D eigenvalue weighted by atomic mass is 32.1. The number of carbonyl (C=O) groups is 1. The molecule has 27 heavy (non-hydrogen) atoms. The molecule has 2 heterocycles. The molecule has 1 aromatic heterocycles. The van der Waals surface area contributed by atoms with Crippen LogP contribution in [0.4, 0.5) is 10.1 Å². The van der Waals surface area contributed by atoms with Crippen molar-refractivity contribution in [2.24, 2.45) is 0 Å². The summed E-state index contributed by atoms with van der Waals surface area (Å²) in [4.78, 5) is 17.7. The van der Waals surface area contributed by atoms with Crippen LogP contribution in [-0.2, 0) is 0 Å². The number of hydrogen-bond acceptors (Lipinski definition) is 4. The van der Waals surface area contributed by atoms with Crippen LogP contribution in [0.15, 0.2) is 42.5 Å². The van der Waals surface area contributed by atoms with E-state index in [1.54, 1.807) is 6.07 Å². The molecule has 4 nitrogen and oxygen atoms in total. The smallest absolute Gasteiger partial charge is 0.267 e. The monoisotopic (exact) mass is 384 g/mol. The first-order chi connectivity index (χ1) is 13.1.